The zero-order valence-corrected chi connectivity index (χ0v) is 20.7. The number of rotatable bonds is 9. The van der Waals surface area contributed by atoms with Crippen LogP contribution in [-0.2, 0) is 26.7 Å². The van der Waals surface area contributed by atoms with Crippen LogP contribution < -0.4 is 9.47 Å². The zero-order chi connectivity index (χ0) is 24.6. The average molecular weight is 493 g/mol. The summed E-state index contributed by atoms with van der Waals surface area (Å²) in [6.07, 6.45) is 2.61. The molecule has 0 saturated heterocycles. The fraction of sp³-hybridized carbons (Fsp3) is 0.333. The van der Waals surface area contributed by atoms with E-state index in [4.69, 9.17) is 14.5 Å². The summed E-state index contributed by atoms with van der Waals surface area (Å²) in [7, 11) is -1.92. The minimum absolute atomic E-state index is 0.140. The zero-order valence-electron chi connectivity index (χ0n) is 19.9. The highest BCUT2D eigenvalue weighted by Crippen LogP contribution is 2.51. The Bertz CT molecular complexity index is 1360. The minimum Gasteiger partial charge on any atom is -0.454 e. The van der Waals surface area contributed by atoms with E-state index in [0.29, 0.717) is 29.4 Å². The van der Waals surface area contributed by atoms with E-state index in [2.05, 4.69) is 0 Å². The quantitative estimate of drug-likeness (QED) is 0.441. The molecule has 0 unspecified atom stereocenters. The highest BCUT2D eigenvalue weighted by molar-refractivity contribution is 7.89. The molecule has 7 nitrogen and oxygen atoms in total. The predicted molar refractivity (Wildman–Crippen MR) is 132 cm³/mol. The van der Waals surface area contributed by atoms with Crippen molar-refractivity contribution in [1.29, 1.82) is 0 Å². The molecule has 3 aromatic rings. The number of hydrogen-bond acceptors (Lipinski definition) is 6. The van der Waals surface area contributed by atoms with Crippen LogP contribution in [0.15, 0.2) is 65.6 Å². The first kappa shape index (κ1) is 23.5. The molecule has 8 heteroatoms. The molecule has 2 heterocycles. The summed E-state index contributed by atoms with van der Waals surface area (Å²) in [4.78, 5) is 18.3. The first-order chi connectivity index (χ1) is 16.8. The molecule has 0 atom stereocenters. The number of aromatic nitrogens is 1. The number of ketones is 1. The van der Waals surface area contributed by atoms with Gasteiger partial charge in [-0.05, 0) is 61.2 Å². The van der Waals surface area contributed by atoms with Crippen molar-refractivity contribution < 1.29 is 22.7 Å². The molecule has 35 heavy (non-hydrogen) atoms. The third-order valence-corrected chi connectivity index (χ3v) is 8.63. The van der Waals surface area contributed by atoms with Crippen LogP contribution in [0.4, 0.5) is 0 Å². The lowest BCUT2D eigenvalue weighted by Gasteiger charge is -2.16. The Balaban J connectivity index is 1.33. The van der Waals surface area contributed by atoms with Gasteiger partial charge in [0.2, 0.25) is 16.8 Å². The van der Waals surface area contributed by atoms with Crippen molar-refractivity contribution in [1.82, 2.24) is 9.29 Å². The van der Waals surface area contributed by atoms with Gasteiger partial charge >= 0.3 is 0 Å². The van der Waals surface area contributed by atoms with Crippen LogP contribution in [0.1, 0.15) is 37.4 Å². The van der Waals surface area contributed by atoms with Gasteiger partial charge in [-0.3, -0.25) is 9.78 Å². The number of sulfonamides is 1. The number of hydrogen-bond donors (Lipinski definition) is 0. The standard InChI is InChI=1S/C27H28N2O5S/c1-3-15-29(2)35(31,32)22-10-7-19(8-11-22)23-6-4-5-21(28-23)17-26(30)27(13-14-27)20-9-12-24-25(16-20)34-18-33-24/h4-12,16H,3,13-15,17-18H2,1-2H3. The van der Waals surface area contributed by atoms with Crippen molar-refractivity contribution in [3.63, 3.8) is 0 Å². The van der Waals surface area contributed by atoms with Crippen LogP contribution in [0.25, 0.3) is 11.3 Å². The third kappa shape index (κ3) is 4.44. The topological polar surface area (TPSA) is 85.8 Å². The number of pyridine rings is 1. The monoisotopic (exact) mass is 492 g/mol. The number of carbonyl (C=O) groups excluding carboxylic acids is 1. The molecule has 1 fully saturated rings. The number of ether oxygens (including phenoxy) is 2. The van der Waals surface area contributed by atoms with Gasteiger partial charge in [0.25, 0.3) is 0 Å². The Hall–Kier alpha value is -3.23. The Morgan fingerprint density at radius 2 is 1.77 bits per heavy atom. The second-order valence-electron chi connectivity index (χ2n) is 9.12. The predicted octanol–water partition coefficient (Wildman–Crippen LogP) is 4.35. The maximum Gasteiger partial charge on any atom is 0.242 e. The summed E-state index contributed by atoms with van der Waals surface area (Å²) in [5, 5.41) is 0. The van der Waals surface area contributed by atoms with E-state index in [1.54, 1.807) is 31.3 Å². The summed E-state index contributed by atoms with van der Waals surface area (Å²) in [6.45, 7) is 2.62. The third-order valence-electron chi connectivity index (χ3n) is 6.75. The van der Waals surface area contributed by atoms with Crippen LogP contribution in [0.2, 0.25) is 0 Å². The molecule has 1 aliphatic heterocycles. The molecule has 0 radical (unpaired) electrons. The van der Waals surface area contributed by atoms with E-state index in [9.17, 15) is 13.2 Å². The Labute approximate surface area is 205 Å². The van der Waals surface area contributed by atoms with Gasteiger partial charge in [0, 0.05) is 31.3 Å². The lowest BCUT2D eigenvalue weighted by Crippen LogP contribution is -2.27. The SMILES string of the molecule is CCCN(C)S(=O)(=O)c1ccc(-c2cccc(CC(=O)C3(c4ccc5c(c4)OCO5)CC3)n2)cc1. The fourth-order valence-corrected chi connectivity index (χ4v) is 5.80. The van der Waals surface area contributed by atoms with Crippen LogP contribution in [-0.4, -0.2) is 43.9 Å². The molecule has 1 saturated carbocycles. The molecule has 5 rings (SSSR count). The van der Waals surface area contributed by atoms with Crippen LogP contribution in [0, 0.1) is 0 Å². The Kier molecular flexibility index (Phi) is 6.11. The van der Waals surface area contributed by atoms with Crippen molar-refractivity contribution in [2.24, 2.45) is 0 Å². The maximum atomic E-state index is 13.3. The molecule has 0 bridgehead atoms. The molecule has 1 aliphatic carbocycles. The summed E-state index contributed by atoms with van der Waals surface area (Å²) in [5.74, 6) is 1.54. The van der Waals surface area contributed by atoms with Crippen molar-refractivity contribution in [2.45, 2.75) is 42.9 Å². The van der Waals surface area contributed by atoms with Crippen molar-refractivity contribution in [3.8, 4) is 22.8 Å². The molecule has 182 valence electrons. The molecule has 0 spiro atoms. The molecule has 0 amide bonds. The second kappa shape index (κ2) is 9.09. The normalized spacial score (nSPS) is 15.9. The molecule has 2 aliphatic rings. The maximum absolute atomic E-state index is 13.3. The smallest absolute Gasteiger partial charge is 0.242 e. The Morgan fingerprint density at radius 3 is 2.49 bits per heavy atom. The minimum atomic E-state index is -3.51. The number of benzene rings is 2. The number of Topliss-reactive ketones (excluding diaryl/α,β-unsaturated/α-hetero) is 1. The van der Waals surface area contributed by atoms with E-state index in [-0.39, 0.29) is 23.9 Å². The first-order valence-electron chi connectivity index (χ1n) is 11.8. The van der Waals surface area contributed by atoms with E-state index >= 15 is 0 Å². The number of carbonyl (C=O) groups is 1. The molecular formula is C27H28N2O5S. The molecule has 0 N–H and O–H groups in total. The van der Waals surface area contributed by atoms with E-state index in [0.717, 1.165) is 30.4 Å². The molecule has 1 aromatic heterocycles. The molecule has 2 aromatic carbocycles. The van der Waals surface area contributed by atoms with Crippen molar-refractivity contribution in [3.05, 3.63) is 71.9 Å². The van der Waals surface area contributed by atoms with E-state index < -0.39 is 15.4 Å². The Morgan fingerprint density at radius 1 is 1.03 bits per heavy atom. The average Bonchev–Trinajstić information content (AvgIpc) is 3.55. The van der Waals surface area contributed by atoms with Crippen LogP contribution >= 0.6 is 0 Å². The van der Waals surface area contributed by atoms with Crippen molar-refractivity contribution in [2.75, 3.05) is 20.4 Å². The van der Waals surface area contributed by atoms with Gasteiger partial charge in [0.05, 0.1) is 16.0 Å². The van der Waals surface area contributed by atoms with Gasteiger partial charge in [0.1, 0.15) is 5.78 Å². The fourth-order valence-electron chi connectivity index (χ4n) is 4.53. The number of fused-ring (bicyclic) bond motifs is 1. The van der Waals surface area contributed by atoms with Gasteiger partial charge in [0.15, 0.2) is 11.5 Å². The lowest BCUT2D eigenvalue weighted by molar-refractivity contribution is -0.120. The first-order valence-corrected chi connectivity index (χ1v) is 13.2. The largest absolute Gasteiger partial charge is 0.454 e. The number of nitrogens with zero attached hydrogens (tertiary/aromatic N) is 2. The van der Waals surface area contributed by atoms with E-state index in [1.165, 1.54) is 4.31 Å². The van der Waals surface area contributed by atoms with Gasteiger partial charge in [-0.25, -0.2) is 12.7 Å². The highest BCUT2D eigenvalue weighted by atomic mass is 32.2. The second-order valence-corrected chi connectivity index (χ2v) is 11.2. The van der Waals surface area contributed by atoms with E-state index in [1.807, 2.05) is 43.3 Å². The van der Waals surface area contributed by atoms with Gasteiger partial charge in [-0.1, -0.05) is 31.2 Å². The summed E-state index contributed by atoms with van der Waals surface area (Å²) in [6, 6.07) is 18.1. The molecular weight excluding hydrogens is 464 g/mol. The van der Waals surface area contributed by atoms with Gasteiger partial charge in [-0.15, -0.1) is 0 Å². The summed E-state index contributed by atoms with van der Waals surface area (Å²) in [5.41, 5.74) is 2.67. The van der Waals surface area contributed by atoms with Crippen LogP contribution in [0.5, 0.6) is 11.5 Å². The van der Waals surface area contributed by atoms with Crippen molar-refractivity contribution >= 4 is 15.8 Å². The summed E-state index contributed by atoms with van der Waals surface area (Å²) < 4.78 is 37.6. The van der Waals surface area contributed by atoms with Gasteiger partial charge in [-0.2, -0.15) is 0 Å². The van der Waals surface area contributed by atoms with Crippen LogP contribution in [0.3, 0.4) is 0 Å². The van der Waals surface area contributed by atoms with Gasteiger partial charge < -0.3 is 9.47 Å². The highest BCUT2D eigenvalue weighted by Gasteiger charge is 2.51. The summed E-state index contributed by atoms with van der Waals surface area (Å²) >= 11 is 0. The lowest BCUT2D eigenvalue weighted by atomic mass is 9.88.